The van der Waals surface area contributed by atoms with E-state index in [-0.39, 0.29) is 11.9 Å². The van der Waals surface area contributed by atoms with Gasteiger partial charge in [0.2, 0.25) is 5.91 Å². The Kier molecular flexibility index (Phi) is 6.60. The van der Waals surface area contributed by atoms with Crippen LogP contribution in [-0.2, 0) is 17.8 Å². The van der Waals surface area contributed by atoms with Crippen LogP contribution < -0.4 is 10.1 Å². The Labute approximate surface area is 178 Å². The normalized spacial score (nSPS) is 12.5. The fraction of sp³-hybridized carbons (Fsp3) is 0.360. The molecule has 0 aliphatic rings. The van der Waals surface area contributed by atoms with Gasteiger partial charge >= 0.3 is 0 Å². The minimum absolute atomic E-state index is 0.00297. The Hall–Kier alpha value is -3.08. The molecule has 1 atom stereocenters. The van der Waals surface area contributed by atoms with E-state index in [1.165, 1.54) is 0 Å². The minimum atomic E-state index is -0.455. The summed E-state index contributed by atoms with van der Waals surface area (Å²) in [6.07, 6.45) is 2.65. The molecule has 5 heteroatoms. The molecule has 3 aromatic rings. The molecule has 0 bridgehead atoms. The lowest BCUT2D eigenvalue weighted by Crippen LogP contribution is -2.37. The van der Waals surface area contributed by atoms with Crippen LogP contribution in [0.4, 0.5) is 0 Å². The average molecular weight is 406 g/mol. The number of amides is 1. The minimum Gasteiger partial charge on any atom is -0.491 e. The first-order chi connectivity index (χ1) is 14.3. The molecule has 1 unspecified atom stereocenters. The number of rotatable bonds is 8. The molecule has 0 spiro atoms. The number of nitrogens with one attached hydrogen (secondary N) is 1. The molecular weight excluding hydrogens is 374 g/mol. The summed E-state index contributed by atoms with van der Waals surface area (Å²) >= 11 is 0. The lowest BCUT2D eigenvalue weighted by molar-refractivity contribution is -0.129. The number of para-hydroxylation sites is 3. The summed E-state index contributed by atoms with van der Waals surface area (Å²) in [6, 6.07) is 15.8. The first-order valence-corrected chi connectivity index (χ1v) is 10.4. The standard InChI is InChI=1S/C25H31N3O2/c1-6-11-19-12-7-10-15-22(19)30-17-16-28-21-14-9-8-13-20(21)27-23(28)18(2)26-24(29)25(3,4)5/h6-10,12-15,18H,1,11,16-17H2,2-5H3,(H,26,29). The predicted octanol–water partition coefficient (Wildman–Crippen LogP) is 5.07. The Morgan fingerprint density at radius 1 is 1.20 bits per heavy atom. The average Bonchev–Trinajstić information content (AvgIpc) is 3.07. The molecule has 0 fully saturated rings. The van der Waals surface area contributed by atoms with Crippen LogP contribution in [0.3, 0.4) is 0 Å². The van der Waals surface area contributed by atoms with E-state index in [0.717, 1.165) is 34.6 Å². The number of hydrogen-bond acceptors (Lipinski definition) is 3. The van der Waals surface area contributed by atoms with Gasteiger partial charge in [-0.15, -0.1) is 6.58 Å². The van der Waals surface area contributed by atoms with Gasteiger partial charge in [0.15, 0.2) is 0 Å². The molecule has 0 saturated carbocycles. The van der Waals surface area contributed by atoms with Crippen molar-refractivity contribution in [2.24, 2.45) is 5.41 Å². The van der Waals surface area contributed by atoms with Gasteiger partial charge in [0.05, 0.1) is 23.6 Å². The maximum Gasteiger partial charge on any atom is 0.225 e. The van der Waals surface area contributed by atoms with Crippen LogP contribution in [0.5, 0.6) is 5.75 Å². The van der Waals surface area contributed by atoms with Crippen LogP contribution in [-0.4, -0.2) is 22.1 Å². The Morgan fingerprint density at radius 2 is 1.90 bits per heavy atom. The second-order valence-corrected chi connectivity index (χ2v) is 8.50. The van der Waals surface area contributed by atoms with Gasteiger partial charge in [-0.2, -0.15) is 0 Å². The smallest absolute Gasteiger partial charge is 0.225 e. The Bertz CT molecular complexity index is 1030. The first kappa shape index (κ1) is 21.6. The van der Waals surface area contributed by atoms with Crippen molar-refractivity contribution in [1.29, 1.82) is 0 Å². The molecule has 1 N–H and O–H groups in total. The Balaban J connectivity index is 1.82. The summed E-state index contributed by atoms with van der Waals surface area (Å²) in [6.45, 7) is 12.7. The van der Waals surface area contributed by atoms with E-state index in [1.54, 1.807) is 0 Å². The van der Waals surface area contributed by atoms with E-state index in [2.05, 4.69) is 28.6 Å². The lowest BCUT2D eigenvalue weighted by Gasteiger charge is -2.22. The van der Waals surface area contributed by atoms with E-state index in [0.29, 0.717) is 13.2 Å². The van der Waals surface area contributed by atoms with Crippen LogP contribution >= 0.6 is 0 Å². The van der Waals surface area contributed by atoms with Gasteiger partial charge in [0.25, 0.3) is 0 Å². The highest BCUT2D eigenvalue weighted by molar-refractivity contribution is 5.82. The van der Waals surface area contributed by atoms with Crippen LogP contribution in [0.1, 0.15) is 45.1 Å². The second kappa shape index (κ2) is 9.16. The van der Waals surface area contributed by atoms with Gasteiger partial charge in [-0.1, -0.05) is 57.2 Å². The summed E-state index contributed by atoms with van der Waals surface area (Å²) in [4.78, 5) is 17.3. The Morgan fingerprint density at radius 3 is 2.63 bits per heavy atom. The van der Waals surface area contributed by atoms with E-state index >= 15 is 0 Å². The van der Waals surface area contributed by atoms with Crippen molar-refractivity contribution in [2.45, 2.75) is 46.7 Å². The zero-order valence-electron chi connectivity index (χ0n) is 18.3. The molecule has 158 valence electrons. The second-order valence-electron chi connectivity index (χ2n) is 8.50. The first-order valence-electron chi connectivity index (χ1n) is 10.4. The maximum absolute atomic E-state index is 12.5. The van der Waals surface area contributed by atoms with Crippen molar-refractivity contribution in [2.75, 3.05) is 6.61 Å². The summed E-state index contributed by atoms with van der Waals surface area (Å²) in [5, 5.41) is 3.10. The highest BCUT2D eigenvalue weighted by atomic mass is 16.5. The fourth-order valence-electron chi connectivity index (χ4n) is 3.35. The SMILES string of the molecule is C=CCc1ccccc1OCCn1c(C(C)NC(=O)C(C)(C)C)nc2ccccc21. The number of ether oxygens (including phenoxy) is 1. The maximum atomic E-state index is 12.5. The number of benzene rings is 2. The molecule has 30 heavy (non-hydrogen) atoms. The topological polar surface area (TPSA) is 56.1 Å². The monoisotopic (exact) mass is 405 g/mol. The van der Waals surface area contributed by atoms with Crippen molar-refractivity contribution >= 4 is 16.9 Å². The van der Waals surface area contributed by atoms with E-state index in [9.17, 15) is 4.79 Å². The third-order valence-electron chi connectivity index (χ3n) is 5.01. The van der Waals surface area contributed by atoms with Crippen LogP contribution in [0.25, 0.3) is 11.0 Å². The van der Waals surface area contributed by atoms with Crippen molar-refractivity contribution in [1.82, 2.24) is 14.9 Å². The predicted molar refractivity (Wildman–Crippen MR) is 122 cm³/mol. The fourth-order valence-corrected chi connectivity index (χ4v) is 3.35. The number of aromatic nitrogens is 2. The van der Waals surface area contributed by atoms with E-state index in [1.807, 2.05) is 70.2 Å². The molecule has 5 nitrogen and oxygen atoms in total. The number of fused-ring (bicyclic) bond motifs is 1. The molecule has 0 aliphatic heterocycles. The van der Waals surface area contributed by atoms with Crippen molar-refractivity contribution < 1.29 is 9.53 Å². The summed E-state index contributed by atoms with van der Waals surface area (Å²) < 4.78 is 8.24. The molecule has 2 aromatic carbocycles. The summed E-state index contributed by atoms with van der Waals surface area (Å²) in [5.41, 5.74) is 2.61. The van der Waals surface area contributed by atoms with Gasteiger partial charge in [0, 0.05) is 5.41 Å². The molecule has 0 aliphatic carbocycles. The number of carbonyl (C=O) groups excluding carboxylic acids is 1. The third-order valence-corrected chi connectivity index (χ3v) is 5.01. The zero-order chi connectivity index (χ0) is 21.7. The number of allylic oxidation sites excluding steroid dienone is 1. The molecule has 1 heterocycles. The molecule has 3 rings (SSSR count). The van der Waals surface area contributed by atoms with Gasteiger partial charge in [-0.3, -0.25) is 4.79 Å². The molecule has 1 amide bonds. The van der Waals surface area contributed by atoms with Crippen molar-refractivity contribution in [3.63, 3.8) is 0 Å². The number of hydrogen-bond donors (Lipinski definition) is 1. The van der Waals surface area contributed by atoms with Gasteiger partial charge in [-0.05, 0) is 37.1 Å². The number of imidazole rings is 1. The third kappa shape index (κ3) is 4.90. The number of nitrogens with zero attached hydrogens (tertiary/aromatic N) is 2. The zero-order valence-corrected chi connectivity index (χ0v) is 18.3. The summed E-state index contributed by atoms with van der Waals surface area (Å²) in [5.74, 6) is 1.71. The quantitative estimate of drug-likeness (QED) is 0.533. The van der Waals surface area contributed by atoms with Crippen LogP contribution in [0.2, 0.25) is 0 Å². The lowest BCUT2D eigenvalue weighted by atomic mass is 9.95. The highest BCUT2D eigenvalue weighted by Crippen LogP contribution is 2.23. The van der Waals surface area contributed by atoms with Crippen LogP contribution in [0, 0.1) is 5.41 Å². The summed E-state index contributed by atoms with van der Waals surface area (Å²) in [7, 11) is 0. The largest absolute Gasteiger partial charge is 0.491 e. The number of carbonyl (C=O) groups is 1. The van der Waals surface area contributed by atoms with E-state index in [4.69, 9.17) is 9.72 Å². The molecule has 0 radical (unpaired) electrons. The van der Waals surface area contributed by atoms with Crippen molar-refractivity contribution in [3.8, 4) is 5.75 Å². The van der Waals surface area contributed by atoms with E-state index < -0.39 is 5.41 Å². The van der Waals surface area contributed by atoms with Gasteiger partial charge in [-0.25, -0.2) is 4.98 Å². The highest BCUT2D eigenvalue weighted by Gasteiger charge is 2.25. The van der Waals surface area contributed by atoms with Gasteiger partial charge in [0.1, 0.15) is 18.2 Å². The molecule has 0 saturated heterocycles. The molecular formula is C25H31N3O2. The van der Waals surface area contributed by atoms with Crippen molar-refractivity contribution in [3.05, 3.63) is 72.6 Å². The van der Waals surface area contributed by atoms with Crippen LogP contribution in [0.15, 0.2) is 61.2 Å². The molecule has 1 aromatic heterocycles. The van der Waals surface area contributed by atoms with Gasteiger partial charge < -0.3 is 14.6 Å².